The van der Waals surface area contributed by atoms with E-state index in [-0.39, 0.29) is 24.3 Å². The van der Waals surface area contributed by atoms with Crippen LogP contribution >= 0.6 is 27.7 Å². The highest BCUT2D eigenvalue weighted by Crippen LogP contribution is 2.34. The molecule has 7 heteroatoms. The van der Waals surface area contributed by atoms with Gasteiger partial charge in [-0.2, -0.15) is 0 Å². The largest absolute Gasteiger partial charge is 0.492 e. The molecule has 0 unspecified atom stereocenters. The minimum atomic E-state index is -0.319. The SMILES string of the molecule is Cc1cccc(OCCN2C(=O)S/C(=C\c3ccccc3OCc3ccc(Br)cc3)C2=O)c1. The monoisotopic (exact) mass is 523 g/mol. The standard InChI is InChI=1S/C26H22BrNO4S/c1-18-5-4-7-22(15-18)31-14-13-28-25(29)24(33-26(28)30)16-20-6-2-3-8-23(20)32-17-19-9-11-21(27)12-10-19/h2-12,15-16H,13-14,17H2,1H3/b24-16-. The summed E-state index contributed by atoms with van der Waals surface area (Å²) in [6.45, 7) is 2.81. The first-order valence-electron chi connectivity index (χ1n) is 10.4. The fraction of sp³-hybridized carbons (Fsp3) is 0.154. The van der Waals surface area contributed by atoms with Crippen molar-refractivity contribution >= 4 is 44.9 Å². The fourth-order valence-corrected chi connectivity index (χ4v) is 4.39. The molecule has 33 heavy (non-hydrogen) atoms. The van der Waals surface area contributed by atoms with E-state index < -0.39 is 0 Å². The predicted octanol–water partition coefficient (Wildman–Crippen LogP) is 6.45. The molecule has 1 aliphatic heterocycles. The van der Waals surface area contributed by atoms with Gasteiger partial charge in [0.2, 0.25) is 0 Å². The van der Waals surface area contributed by atoms with Gasteiger partial charge in [-0.1, -0.05) is 58.4 Å². The number of carbonyl (C=O) groups is 2. The van der Waals surface area contributed by atoms with Gasteiger partial charge < -0.3 is 9.47 Å². The van der Waals surface area contributed by atoms with Crippen LogP contribution in [0.25, 0.3) is 6.08 Å². The maximum absolute atomic E-state index is 12.9. The van der Waals surface area contributed by atoms with Gasteiger partial charge in [0, 0.05) is 10.0 Å². The average molecular weight is 524 g/mol. The first-order valence-corrected chi connectivity index (χ1v) is 12.0. The molecule has 0 N–H and O–H groups in total. The first kappa shape index (κ1) is 23.1. The Labute approximate surface area is 205 Å². The van der Waals surface area contributed by atoms with Crippen LogP contribution in [0.15, 0.2) is 82.2 Å². The Kier molecular flexibility index (Phi) is 7.52. The van der Waals surface area contributed by atoms with Crippen molar-refractivity contribution in [1.29, 1.82) is 0 Å². The molecule has 1 aliphatic rings. The van der Waals surface area contributed by atoms with E-state index in [4.69, 9.17) is 9.47 Å². The van der Waals surface area contributed by atoms with E-state index in [1.807, 2.05) is 79.7 Å². The Hall–Kier alpha value is -3.03. The molecule has 0 radical (unpaired) electrons. The number of aryl methyl sites for hydroxylation is 1. The van der Waals surface area contributed by atoms with Crippen LogP contribution in [0.2, 0.25) is 0 Å². The number of nitrogens with zero attached hydrogens (tertiary/aromatic N) is 1. The lowest BCUT2D eigenvalue weighted by molar-refractivity contribution is -0.123. The zero-order valence-corrected chi connectivity index (χ0v) is 20.4. The molecular weight excluding hydrogens is 502 g/mol. The van der Waals surface area contributed by atoms with Crippen molar-refractivity contribution < 1.29 is 19.1 Å². The van der Waals surface area contributed by atoms with Crippen LogP contribution in [-0.2, 0) is 11.4 Å². The average Bonchev–Trinajstić information content (AvgIpc) is 3.07. The summed E-state index contributed by atoms with van der Waals surface area (Å²) in [5.41, 5.74) is 2.86. The van der Waals surface area contributed by atoms with Crippen LogP contribution in [0.5, 0.6) is 11.5 Å². The number of benzene rings is 3. The molecule has 1 saturated heterocycles. The van der Waals surface area contributed by atoms with Crippen LogP contribution in [0.4, 0.5) is 4.79 Å². The van der Waals surface area contributed by atoms with Crippen molar-refractivity contribution in [2.75, 3.05) is 13.2 Å². The smallest absolute Gasteiger partial charge is 0.293 e. The number of hydrogen-bond acceptors (Lipinski definition) is 5. The van der Waals surface area contributed by atoms with Crippen molar-refractivity contribution in [3.05, 3.63) is 98.9 Å². The summed E-state index contributed by atoms with van der Waals surface area (Å²) in [5.74, 6) is 1.05. The van der Waals surface area contributed by atoms with Crippen LogP contribution in [0.3, 0.4) is 0 Å². The lowest BCUT2D eigenvalue weighted by atomic mass is 10.1. The van der Waals surface area contributed by atoms with Crippen molar-refractivity contribution in [3.8, 4) is 11.5 Å². The summed E-state index contributed by atoms with van der Waals surface area (Å²) in [6.07, 6.45) is 1.71. The van der Waals surface area contributed by atoms with E-state index >= 15 is 0 Å². The van der Waals surface area contributed by atoms with Crippen molar-refractivity contribution in [3.63, 3.8) is 0 Å². The van der Waals surface area contributed by atoms with E-state index in [0.29, 0.717) is 17.3 Å². The van der Waals surface area contributed by atoms with Gasteiger partial charge in [-0.25, -0.2) is 0 Å². The molecule has 4 rings (SSSR count). The van der Waals surface area contributed by atoms with Gasteiger partial charge in [-0.3, -0.25) is 14.5 Å². The van der Waals surface area contributed by atoms with Crippen LogP contribution in [0.1, 0.15) is 16.7 Å². The van der Waals surface area contributed by atoms with Gasteiger partial charge >= 0.3 is 0 Å². The number of imide groups is 1. The second kappa shape index (κ2) is 10.7. The van der Waals surface area contributed by atoms with Gasteiger partial charge in [-0.05, 0) is 66.2 Å². The first-order chi connectivity index (χ1) is 16.0. The summed E-state index contributed by atoms with van der Waals surface area (Å²) in [5, 5.41) is -0.299. The van der Waals surface area contributed by atoms with Crippen molar-refractivity contribution in [1.82, 2.24) is 4.90 Å². The molecule has 168 valence electrons. The highest BCUT2D eigenvalue weighted by atomic mass is 79.9. The van der Waals surface area contributed by atoms with Gasteiger partial charge in [-0.15, -0.1) is 0 Å². The fourth-order valence-electron chi connectivity index (χ4n) is 3.27. The van der Waals surface area contributed by atoms with E-state index in [9.17, 15) is 9.59 Å². The van der Waals surface area contributed by atoms with Crippen LogP contribution < -0.4 is 9.47 Å². The third-order valence-corrected chi connectivity index (χ3v) is 6.40. The number of carbonyl (C=O) groups excluding carboxylic acids is 2. The highest BCUT2D eigenvalue weighted by Gasteiger charge is 2.35. The van der Waals surface area contributed by atoms with E-state index in [1.165, 1.54) is 4.90 Å². The number of hydrogen-bond donors (Lipinski definition) is 0. The Morgan fingerprint density at radius 3 is 2.55 bits per heavy atom. The maximum atomic E-state index is 12.9. The zero-order valence-electron chi connectivity index (χ0n) is 18.0. The highest BCUT2D eigenvalue weighted by molar-refractivity contribution is 9.10. The summed E-state index contributed by atoms with van der Waals surface area (Å²) < 4.78 is 12.7. The second-order valence-electron chi connectivity index (χ2n) is 7.45. The van der Waals surface area contributed by atoms with Crippen molar-refractivity contribution in [2.45, 2.75) is 13.5 Å². The number of rotatable bonds is 8. The third-order valence-electron chi connectivity index (χ3n) is 4.96. The number of halogens is 1. The summed E-state index contributed by atoms with van der Waals surface area (Å²) in [7, 11) is 0. The number of ether oxygens (including phenoxy) is 2. The molecule has 3 aromatic carbocycles. The van der Waals surface area contributed by atoms with Crippen molar-refractivity contribution in [2.24, 2.45) is 0 Å². The quantitative estimate of drug-likeness (QED) is 0.317. The Morgan fingerprint density at radius 1 is 0.970 bits per heavy atom. The predicted molar refractivity (Wildman–Crippen MR) is 134 cm³/mol. The van der Waals surface area contributed by atoms with Gasteiger partial charge in [0.1, 0.15) is 24.7 Å². The van der Waals surface area contributed by atoms with Gasteiger partial charge in [0.15, 0.2) is 0 Å². The van der Waals surface area contributed by atoms with E-state index in [2.05, 4.69) is 15.9 Å². The topological polar surface area (TPSA) is 55.8 Å². The Morgan fingerprint density at radius 2 is 1.76 bits per heavy atom. The van der Waals surface area contributed by atoms with Gasteiger partial charge in [0.05, 0.1) is 11.4 Å². The molecule has 0 aromatic heterocycles. The Balaban J connectivity index is 1.41. The molecule has 0 saturated carbocycles. The minimum Gasteiger partial charge on any atom is -0.492 e. The molecule has 0 bridgehead atoms. The van der Waals surface area contributed by atoms with E-state index in [0.717, 1.165) is 38.7 Å². The molecule has 2 amide bonds. The second-order valence-corrected chi connectivity index (χ2v) is 9.36. The molecule has 5 nitrogen and oxygen atoms in total. The Bertz CT molecular complexity index is 1190. The lowest BCUT2D eigenvalue weighted by Crippen LogP contribution is -2.32. The molecule has 0 spiro atoms. The molecule has 1 heterocycles. The molecule has 0 atom stereocenters. The van der Waals surface area contributed by atoms with Crippen LogP contribution in [-0.4, -0.2) is 29.2 Å². The minimum absolute atomic E-state index is 0.192. The normalized spacial score (nSPS) is 14.7. The van der Waals surface area contributed by atoms with E-state index in [1.54, 1.807) is 6.08 Å². The summed E-state index contributed by atoms with van der Waals surface area (Å²) in [4.78, 5) is 26.9. The van der Waals surface area contributed by atoms with Gasteiger partial charge in [0.25, 0.3) is 11.1 Å². The molecule has 1 fully saturated rings. The summed E-state index contributed by atoms with van der Waals surface area (Å²) in [6, 6.07) is 23.0. The zero-order chi connectivity index (χ0) is 23.2. The lowest BCUT2D eigenvalue weighted by Gasteiger charge is -2.13. The number of amides is 2. The molecular formula is C26H22BrNO4S. The molecule has 3 aromatic rings. The molecule has 0 aliphatic carbocycles. The third kappa shape index (κ3) is 6.06. The summed E-state index contributed by atoms with van der Waals surface area (Å²) >= 11 is 4.36. The maximum Gasteiger partial charge on any atom is 0.293 e. The number of thioether (sulfide) groups is 1. The van der Waals surface area contributed by atoms with Crippen LogP contribution in [0, 0.1) is 6.92 Å². The number of para-hydroxylation sites is 1.